The first-order valence-electron chi connectivity index (χ1n) is 8.31. The molecule has 0 heterocycles. The summed E-state index contributed by atoms with van der Waals surface area (Å²) in [5.41, 5.74) is 1.52. The predicted molar refractivity (Wildman–Crippen MR) is 95.3 cm³/mol. The Hall–Kier alpha value is 0.0762. The van der Waals surface area contributed by atoms with Crippen molar-refractivity contribution in [2.75, 3.05) is 6.61 Å². The summed E-state index contributed by atoms with van der Waals surface area (Å²) >= 11 is -0.721. The molecule has 1 aromatic carbocycles. The van der Waals surface area contributed by atoms with E-state index in [4.69, 9.17) is 13.8 Å². The standard InChI is InChI=1S/C18H29O.ClH.Mg/c1-5-6-7-8-9-10-15-19-17-13-11-16(12-14-17)18(2,3)4;;/h11-13H,5-10,15H2,1-4H3;1H;/q;;+1/p-1. The Morgan fingerprint density at radius 3 is 2.33 bits per heavy atom. The molecule has 0 atom stereocenters. The second-order valence-electron chi connectivity index (χ2n) is 6.82. The zero-order valence-corrected chi connectivity index (χ0v) is 16.3. The highest BCUT2D eigenvalue weighted by Crippen LogP contribution is 2.23. The van der Waals surface area contributed by atoms with Crippen LogP contribution in [0.3, 0.4) is 0 Å². The second-order valence-corrected chi connectivity index (χ2v) is 8.65. The Balaban J connectivity index is 2.44. The molecule has 0 radical (unpaired) electrons. The van der Waals surface area contributed by atoms with Gasteiger partial charge in [-0.1, -0.05) is 71.9 Å². The van der Waals surface area contributed by atoms with E-state index in [0.29, 0.717) is 0 Å². The molecule has 116 valence electrons. The lowest BCUT2D eigenvalue weighted by Gasteiger charge is -2.21. The summed E-state index contributed by atoms with van der Waals surface area (Å²) in [6.45, 7) is 9.78. The van der Waals surface area contributed by atoms with Crippen molar-refractivity contribution >= 4 is 32.0 Å². The lowest BCUT2D eigenvalue weighted by molar-refractivity contribution is 0.306. The minimum atomic E-state index is -0.721. The van der Waals surface area contributed by atoms with Gasteiger partial charge in [0.15, 0.2) is 0 Å². The van der Waals surface area contributed by atoms with Crippen molar-refractivity contribution < 1.29 is 4.74 Å². The molecule has 0 saturated heterocycles. The average molecular weight is 321 g/mol. The number of unbranched alkanes of at least 4 members (excludes halogenated alkanes) is 5. The Morgan fingerprint density at radius 2 is 1.71 bits per heavy atom. The third-order valence-corrected chi connectivity index (χ3v) is 5.53. The fourth-order valence-corrected chi connectivity index (χ4v) is 3.63. The minimum Gasteiger partial charge on any atom is -0.496 e. The van der Waals surface area contributed by atoms with E-state index in [9.17, 15) is 0 Å². The molecule has 0 unspecified atom stereocenters. The summed E-state index contributed by atoms with van der Waals surface area (Å²) in [5, 5.41) is 0. The van der Waals surface area contributed by atoms with Crippen LogP contribution in [0.5, 0.6) is 5.75 Å². The molecule has 1 aromatic rings. The Labute approximate surface area is 144 Å². The third-order valence-electron chi connectivity index (χ3n) is 3.83. The number of halogens is 1. The Kier molecular flexibility index (Phi) is 9.07. The minimum absolute atomic E-state index is 0.174. The molecule has 0 aromatic heterocycles. The third kappa shape index (κ3) is 7.25. The van der Waals surface area contributed by atoms with E-state index in [0.717, 1.165) is 18.8 Å². The van der Waals surface area contributed by atoms with Crippen molar-refractivity contribution in [1.29, 1.82) is 0 Å². The van der Waals surface area contributed by atoms with Crippen molar-refractivity contribution in [3.05, 3.63) is 23.8 Å². The Morgan fingerprint density at radius 1 is 1.05 bits per heavy atom. The first-order chi connectivity index (χ1) is 9.99. The van der Waals surface area contributed by atoms with Crippen molar-refractivity contribution in [2.45, 2.75) is 71.6 Å². The number of ether oxygens (including phenoxy) is 1. The number of rotatable bonds is 9. The summed E-state index contributed by atoms with van der Waals surface area (Å²) in [6, 6.07) is 6.54. The molecule has 0 amide bonds. The van der Waals surface area contributed by atoms with Crippen LogP contribution in [0.25, 0.3) is 0 Å². The van der Waals surface area contributed by atoms with Gasteiger partial charge in [-0.3, -0.25) is 0 Å². The van der Waals surface area contributed by atoms with E-state index in [1.54, 1.807) is 0 Å². The van der Waals surface area contributed by atoms with E-state index < -0.39 is 19.3 Å². The summed E-state index contributed by atoms with van der Waals surface area (Å²) < 4.78 is 7.20. The van der Waals surface area contributed by atoms with Crippen molar-refractivity contribution in [1.82, 2.24) is 0 Å². The largest absolute Gasteiger partial charge is 0.543 e. The molecule has 0 bridgehead atoms. The highest BCUT2D eigenvalue weighted by Gasteiger charge is 2.16. The van der Waals surface area contributed by atoms with E-state index in [1.807, 2.05) is 0 Å². The molecule has 0 aliphatic heterocycles. The van der Waals surface area contributed by atoms with Crippen LogP contribution in [0.4, 0.5) is 0 Å². The Bertz CT molecular complexity index is 412. The first-order valence-corrected chi connectivity index (χ1v) is 11.2. The van der Waals surface area contributed by atoms with Crippen LogP contribution in [0.15, 0.2) is 18.2 Å². The fourth-order valence-electron chi connectivity index (χ4n) is 2.36. The zero-order chi connectivity index (χ0) is 15.7. The quantitative estimate of drug-likeness (QED) is 0.448. The number of hydrogen-bond acceptors (Lipinski definition) is 1. The zero-order valence-electron chi connectivity index (χ0n) is 14.2. The lowest BCUT2D eigenvalue weighted by Crippen LogP contribution is -2.19. The second kappa shape index (κ2) is 9.97. The first kappa shape index (κ1) is 19.1. The molecule has 0 aliphatic carbocycles. The smallest absolute Gasteiger partial charge is 0.496 e. The highest BCUT2D eigenvalue weighted by molar-refractivity contribution is 7.01. The molecular formula is C18H29ClMgO. The number of hydrogen-bond donors (Lipinski definition) is 0. The van der Waals surface area contributed by atoms with Crippen molar-refractivity contribution in [2.24, 2.45) is 0 Å². The molecule has 0 fully saturated rings. The van der Waals surface area contributed by atoms with Crippen LogP contribution in [0.1, 0.15) is 71.8 Å². The molecule has 0 aliphatic rings. The summed E-state index contributed by atoms with van der Waals surface area (Å²) in [7, 11) is 6.21. The monoisotopic (exact) mass is 320 g/mol. The normalized spacial score (nSPS) is 11.3. The lowest BCUT2D eigenvalue weighted by atomic mass is 9.87. The van der Waals surface area contributed by atoms with Gasteiger partial charge in [-0.15, -0.1) is 3.69 Å². The summed E-state index contributed by atoms with van der Waals surface area (Å²) in [4.78, 5) is 0. The van der Waals surface area contributed by atoms with Crippen LogP contribution in [-0.4, -0.2) is 25.9 Å². The van der Waals surface area contributed by atoms with Crippen LogP contribution in [0, 0.1) is 0 Å². The van der Waals surface area contributed by atoms with E-state index in [2.05, 4.69) is 45.9 Å². The van der Waals surface area contributed by atoms with Gasteiger partial charge in [0.05, 0.1) is 12.4 Å². The van der Waals surface area contributed by atoms with Gasteiger partial charge in [0.25, 0.3) is 0 Å². The van der Waals surface area contributed by atoms with Crippen LogP contribution >= 0.6 is 9.07 Å². The molecule has 1 nitrogen and oxygen atoms in total. The molecule has 0 saturated carbocycles. The predicted octanol–water partition coefficient (Wildman–Crippen LogP) is 5.21. The van der Waals surface area contributed by atoms with Crippen molar-refractivity contribution in [3.8, 4) is 5.75 Å². The summed E-state index contributed by atoms with van der Waals surface area (Å²) in [6.07, 6.45) is 7.77. The molecule has 1 rings (SSSR count). The van der Waals surface area contributed by atoms with Gasteiger partial charge in [-0.2, -0.15) is 0 Å². The van der Waals surface area contributed by atoms with Gasteiger partial charge in [0, 0.05) is 0 Å². The van der Waals surface area contributed by atoms with E-state index in [-0.39, 0.29) is 5.41 Å². The maximum Gasteiger partial charge on any atom is 0.543 e. The maximum absolute atomic E-state index is 6.21. The summed E-state index contributed by atoms with van der Waals surface area (Å²) in [5.74, 6) is 1.01. The fraction of sp³-hybridized carbons (Fsp3) is 0.667. The molecular weight excluding hydrogens is 292 g/mol. The van der Waals surface area contributed by atoms with Gasteiger partial charge in [-0.25, -0.2) is 0 Å². The van der Waals surface area contributed by atoms with E-state index in [1.165, 1.54) is 41.4 Å². The van der Waals surface area contributed by atoms with Gasteiger partial charge < -0.3 is 13.8 Å². The molecule has 0 spiro atoms. The van der Waals surface area contributed by atoms with E-state index >= 15 is 0 Å². The topological polar surface area (TPSA) is 9.23 Å². The van der Waals surface area contributed by atoms with Crippen LogP contribution in [-0.2, 0) is 5.41 Å². The highest BCUT2D eigenvalue weighted by atomic mass is 35.5. The maximum atomic E-state index is 6.21. The van der Waals surface area contributed by atoms with Crippen LogP contribution in [0.2, 0.25) is 0 Å². The number of benzene rings is 1. The SMILES string of the molecule is CCCCCCCCOc1ccc(C(C)(C)C)c[c]1[Mg][Cl]. The van der Waals surface area contributed by atoms with Gasteiger partial charge in [0.1, 0.15) is 0 Å². The van der Waals surface area contributed by atoms with Gasteiger partial charge in [-0.05, 0) is 23.5 Å². The average Bonchev–Trinajstić information content (AvgIpc) is 2.45. The molecule has 3 heteroatoms. The van der Waals surface area contributed by atoms with Crippen molar-refractivity contribution in [3.63, 3.8) is 0 Å². The van der Waals surface area contributed by atoms with Gasteiger partial charge in [0.2, 0.25) is 0 Å². The van der Waals surface area contributed by atoms with Gasteiger partial charge >= 0.3 is 19.3 Å². The molecule has 21 heavy (non-hydrogen) atoms. The molecule has 0 N–H and O–H groups in total. The van der Waals surface area contributed by atoms with Crippen LogP contribution < -0.4 is 8.43 Å².